The van der Waals surface area contributed by atoms with E-state index in [1.807, 2.05) is 0 Å². The quantitative estimate of drug-likeness (QED) is 0.894. The lowest BCUT2D eigenvalue weighted by Crippen LogP contribution is -2.05. The van der Waals surface area contributed by atoms with Crippen LogP contribution in [0.25, 0.3) is 11.0 Å². The predicted molar refractivity (Wildman–Crippen MR) is 68.4 cm³/mol. The lowest BCUT2D eigenvalue weighted by atomic mass is 10.2. The van der Waals surface area contributed by atoms with E-state index in [1.165, 1.54) is 0 Å². The maximum atomic E-state index is 12.4. The minimum absolute atomic E-state index is 0. The van der Waals surface area contributed by atoms with E-state index in [-0.39, 0.29) is 24.8 Å². The van der Waals surface area contributed by atoms with Gasteiger partial charge in [-0.15, -0.1) is 24.8 Å². The van der Waals surface area contributed by atoms with Gasteiger partial charge in [0.1, 0.15) is 5.65 Å². The Morgan fingerprint density at radius 3 is 2.50 bits per heavy atom. The number of pyridine rings is 1. The highest BCUT2D eigenvalue weighted by Gasteiger charge is 2.31. The standard InChI is InChI=1S/C10H10F3N3.2ClH/c1-14-5-8-3-6-2-7(10(11,12)13)4-15-9(6)16-8;;/h2-4,14H,5H2,1H3,(H,15,16);2*1H. The molecule has 0 aliphatic carbocycles. The molecule has 0 aliphatic rings. The zero-order valence-corrected chi connectivity index (χ0v) is 11.0. The molecule has 2 aromatic heterocycles. The largest absolute Gasteiger partial charge is 0.417 e. The second-order valence-electron chi connectivity index (χ2n) is 3.48. The van der Waals surface area contributed by atoms with Crippen molar-refractivity contribution in [2.45, 2.75) is 12.7 Å². The fourth-order valence-corrected chi connectivity index (χ4v) is 1.51. The van der Waals surface area contributed by atoms with Crippen LogP contribution in [0, 0.1) is 0 Å². The Hall–Kier alpha value is -0.980. The average molecular weight is 302 g/mol. The van der Waals surface area contributed by atoms with E-state index in [4.69, 9.17) is 0 Å². The minimum atomic E-state index is -4.35. The molecule has 0 amide bonds. The van der Waals surface area contributed by atoms with Gasteiger partial charge in [-0.3, -0.25) is 0 Å². The van der Waals surface area contributed by atoms with Gasteiger partial charge in [-0.25, -0.2) is 4.98 Å². The van der Waals surface area contributed by atoms with E-state index < -0.39 is 11.7 Å². The van der Waals surface area contributed by atoms with Crippen molar-refractivity contribution in [1.29, 1.82) is 0 Å². The zero-order chi connectivity index (χ0) is 11.8. The van der Waals surface area contributed by atoms with Gasteiger partial charge >= 0.3 is 6.18 Å². The van der Waals surface area contributed by atoms with Crippen LogP contribution in [0.1, 0.15) is 11.3 Å². The first kappa shape index (κ1) is 17.0. The van der Waals surface area contributed by atoms with Crippen LogP contribution in [0.3, 0.4) is 0 Å². The molecule has 2 rings (SSSR count). The highest BCUT2D eigenvalue weighted by Crippen LogP contribution is 2.30. The second-order valence-corrected chi connectivity index (χ2v) is 3.48. The van der Waals surface area contributed by atoms with Gasteiger partial charge in [0, 0.05) is 23.8 Å². The number of alkyl halides is 3. The molecule has 2 aromatic rings. The molecule has 8 heteroatoms. The van der Waals surface area contributed by atoms with Crippen LogP contribution in [0.5, 0.6) is 0 Å². The van der Waals surface area contributed by atoms with Crippen molar-refractivity contribution in [3.63, 3.8) is 0 Å². The number of hydrogen-bond acceptors (Lipinski definition) is 2. The van der Waals surface area contributed by atoms with Crippen LogP contribution < -0.4 is 5.32 Å². The van der Waals surface area contributed by atoms with Crippen molar-refractivity contribution >= 4 is 35.8 Å². The Bertz CT molecular complexity index is 511. The molecule has 3 nitrogen and oxygen atoms in total. The van der Waals surface area contributed by atoms with Gasteiger partial charge in [0.15, 0.2) is 0 Å². The van der Waals surface area contributed by atoms with Crippen molar-refractivity contribution in [3.8, 4) is 0 Å². The molecule has 0 aliphatic heterocycles. The highest BCUT2D eigenvalue weighted by atomic mass is 35.5. The van der Waals surface area contributed by atoms with E-state index in [1.54, 1.807) is 13.1 Å². The minimum Gasteiger partial charge on any atom is -0.342 e. The summed E-state index contributed by atoms with van der Waals surface area (Å²) in [6, 6.07) is 2.76. The van der Waals surface area contributed by atoms with Crippen molar-refractivity contribution in [1.82, 2.24) is 15.3 Å². The van der Waals surface area contributed by atoms with E-state index in [0.29, 0.717) is 17.6 Å². The van der Waals surface area contributed by atoms with E-state index in [2.05, 4.69) is 15.3 Å². The molecule has 0 spiro atoms. The van der Waals surface area contributed by atoms with Crippen molar-refractivity contribution < 1.29 is 13.2 Å². The lowest BCUT2D eigenvalue weighted by Gasteiger charge is -2.04. The molecule has 2 heterocycles. The molecule has 0 saturated carbocycles. The number of H-pyrrole nitrogens is 1. The fourth-order valence-electron chi connectivity index (χ4n) is 1.51. The third kappa shape index (κ3) is 3.51. The van der Waals surface area contributed by atoms with Crippen molar-refractivity contribution in [3.05, 3.63) is 29.6 Å². The summed E-state index contributed by atoms with van der Waals surface area (Å²) in [6.45, 7) is 0.567. The molecule has 0 atom stereocenters. The molecule has 0 unspecified atom stereocenters. The summed E-state index contributed by atoms with van der Waals surface area (Å²) in [7, 11) is 1.76. The van der Waals surface area contributed by atoms with Crippen molar-refractivity contribution in [2.75, 3.05) is 7.05 Å². The SMILES string of the molecule is CNCc1cc2cc(C(F)(F)F)cnc2[nH]1.Cl.Cl. The third-order valence-electron chi connectivity index (χ3n) is 2.22. The lowest BCUT2D eigenvalue weighted by molar-refractivity contribution is -0.137. The van der Waals surface area contributed by atoms with E-state index in [9.17, 15) is 13.2 Å². The first-order valence-electron chi connectivity index (χ1n) is 4.70. The monoisotopic (exact) mass is 301 g/mol. The van der Waals surface area contributed by atoms with E-state index >= 15 is 0 Å². The molecule has 0 radical (unpaired) electrons. The van der Waals surface area contributed by atoms with Gasteiger partial charge in [0.05, 0.1) is 5.56 Å². The fraction of sp³-hybridized carbons (Fsp3) is 0.300. The second kappa shape index (κ2) is 6.26. The van der Waals surface area contributed by atoms with E-state index in [0.717, 1.165) is 18.0 Å². The molecule has 0 aromatic carbocycles. The topological polar surface area (TPSA) is 40.7 Å². The molecule has 2 N–H and O–H groups in total. The first-order valence-corrected chi connectivity index (χ1v) is 4.70. The summed E-state index contributed by atoms with van der Waals surface area (Å²) in [4.78, 5) is 6.68. The number of halogens is 5. The number of aromatic amines is 1. The number of rotatable bonds is 2. The van der Waals surface area contributed by atoms with Gasteiger partial charge in [0.2, 0.25) is 0 Å². The summed E-state index contributed by atoms with van der Waals surface area (Å²) in [5, 5.41) is 3.38. The van der Waals surface area contributed by atoms with Crippen LogP contribution in [0.4, 0.5) is 13.2 Å². The van der Waals surface area contributed by atoms with Gasteiger partial charge < -0.3 is 10.3 Å². The van der Waals surface area contributed by atoms with Crippen LogP contribution >= 0.6 is 24.8 Å². The van der Waals surface area contributed by atoms with Crippen LogP contribution in [-0.4, -0.2) is 17.0 Å². The summed E-state index contributed by atoms with van der Waals surface area (Å²) in [5.41, 5.74) is 0.553. The molecular formula is C10H12Cl2F3N3. The average Bonchev–Trinajstić information content (AvgIpc) is 2.57. The van der Waals surface area contributed by atoms with Gasteiger partial charge in [-0.2, -0.15) is 13.2 Å². The normalized spacial score (nSPS) is 10.9. The zero-order valence-electron chi connectivity index (χ0n) is 9.34. The third-order valence-corrected chi connectivity index (χ3v) is 2.22. The summed E-state index contributed by atoms with van der Waals surface area (Å²) in [5.74, 6) is 0. The van der Waals surface area contributed by atoms with Gasteiger partial charge in [-0.05, 0) is 19.2 Å². The summed E-state index contributed by atoms with van der Waals surface area (Å²) in [6.07, 6.45) is -3.51. The Labute approximate surface area is 114 Å². The number of nitrogens with one attached hydrogen (secondary N) is 2. The summed E-state index contributed by atoms with van der Waals surface area (Å²) < 4.78 is 37.2. The Balaban J connectivity index is 0.00000144. The van der Waals surface area contributed by atoms with Crippen LogP contribution in [-0.2, 0) is 12.7 Å². The molecule has 102 valence electrons. The molecule has 0 saturated heterocycles. The summed E-state index contributed by atoms with van der Waals surface area (Å²) >= 11 is 0. The molecule has 0 fully saturated rings. The van der Waals surface area contributed by atoms with Crippen LogP contribution in [0.15, 0.2) is 18.3 Å². The first-order chi connectivity index (χ1) is 7.50. The number of aromatic nitrogens is 2. The number of hydrogen-bond donors (Lipinski definition) is 2. The van der Waals surface area contributed by atoms with Crippen molar-refractivity contribution in [2.24, 2.45) is 0 Å². The Morgan fingerprint density at radius 2 is 1.94 bits per heavy atom. The molecule has 18 heavy (non-hydrogen) atoms. The van der Waals surface area contributed by atoms with Crippen LogP contribution in [0.2, 0.25) is 0 Å². The predicted octanol–water partition coefficient (Wildman–Crippen LogP) is 3.14. The molecular weight excluding hydrogens is 290 g/mol. The number of nitrogens with zero attached hydrogens (tertiary/aromatic N) is 1. The maximum Gasteiger partial charge on any atom is 0.417 e. The number of fused-ring (bicyclic) bond motifs is 1. The smallest absolute Gasteiger partial charge is 0.342 e. The molecule has 0 bridgehead atoms. The Kier molecular flexibility index (Phi) is 5.92. The Morgan fingerprint density at radius 1 is 1.28 bits per heavy atom. The van der Waals surface area contributed by atoms with Gasteiger partial charge in [0.25, 0.3) is 0 Å². The highest BCUT2D eigenvalue weighted by molar-refractivity contribution is 5.85. The maximum absolute atomic E-state index is 12.4. The van der Waals surface area contributed by atoms with Gasteiger partial charge in [-0.1, -0.05) is 0 Å².